The molecule has 0 amide bonds. The minimum absolute atomic E-state index is 0.578. The largest absolute Gasteiger partial charge is 0.278 e. The van der Waals surface area contributed by atoms with Crippen molar-refractivity contribution in [1.82, 2.24) is 19.5 Å². The Morgan fingerprint density at radius 2 is 0.551 bits per heavy atom. The quantitative estimate of drug-likeness (QED) is 0.0962. The number of aromatic nitrogens is 4. The smallest absolute Gasteiger partial charge is 0.238 e. The van der Waals surface area contributed by atoms with Crippen LogP contribution >= 0.6 is 0 Å². The predicted octanol–water partition coefficient (Wildman–Crippen LogP) is 9.06. The number of benzene rings is 10. The van der Waals surface area contributed by atoms with Crippen LogP contribution in [-0.4, -0.2) is 35.7 Å². The van der Waals surface area contributed by atoms with Crippen LogP contribution in [0.1, 0.15) is 0 Å². The highest BCUT2D eigenvalue weighted by Crippen LogP contribution is 2.32. The van der Waals surface area contributed by atoms with Crippen molar-refractivity contribution < 1.29 is 0 Å². The Kier molecular flexibility index (Phi) is 10.9. The van der Waals surface area contributed by atoms with Crippen LogP contribution in [-0.2, 0) is 0 Å². The van der Waals surface area contributed by atoms with E-state index in [0.29, 0.717) is 17.6 Å². The molecule has 0 spiro atoms. The van der Waals surface area contributed by atoms with Crippen LogP contribution in [0, 0.1) is 0 Å². The van der Waals surface area contributed by atoms with E-state index in [0.717, 1.165) is 32.9 Å². The molecule has 0 N–H and O–H groups in total. The van der Waals surface area contributed by atoms with Gasteiger partial charge in [-0.1, -0.05) is 267 Å². The molecule has 69 heavy (non-hydrogen) atoms. The topological polar surface area (TPSA) is 43.6 Å². The van der Waals surface area contributed by atoms with Crippen LogP contribution in [0.15, 0.2) is 279 Å². The lowest BCUT2D eigenvalue weighted by Crippen LogP contribution is -2.76. The molecule has 0 fully saturated rings. The SMILES string of the molecule is c1ccc(-c2nc(-c3cccc([Si](c4ccccc4)(c4ccccc4)c4ccc([Si](c5ccccc5)(c5ccccc5)c5ccccc5)cc4)c3)nc(-n3c4ccccc4c4ccccc43)n2)cc1. The number of hydrogen-bond acceptors (Lipinski definition) is 3. The van der Waals surface area contributed by atoms with Crippen molar-refractivity contribution in [3.8, 4) is 28.7 Å². The molecule has 0 saturated heterocycles. The highest BCUT2D eigenvalue weighted by atomic mass is 28.3. The lowest BCUT2D eigenvalue weighted by Gasteiger charge is -2.37. The van der Waals surface area contributed by atoms with Gasteiger partial charge in [0.1, 0.15) is 0 Å². The zero-order valence-electron chi connectivity index (χ0n) is 37.8. The van der Waals surface area contributed by atoms with Crippen LogP contribution in [0.5, 0.6) is 0 Å². The predicted molar refractivity (Wildman–Crippen MR) is 292 cm³/mol. The fourth-order valence-corrected chi connectivity index (χ4v) is 20.3. The number of para-hydroxylation sites is 2. The van der Waals surface area contributed by atoms with Gasteiger partial charge >= 0.3 is 0 Å². The molecule has 12 rings (SSSR count). The molecule has 12 aromatic rings. The van der Waals surface area contributed by atoms with Crippen LogP contribution < -0.4 is 41.5 Å². The summed E-state index contributed by atoms with van der Waals surface area (Å²) < 4.78 is 2.18. The van der Waals surface area contributed by atoms with Gasteiger partial charge < -0.3 is 0 Å². The van der Waals surface area contributed by atoms with Gasteiger partial charge in [-0.3, -0.25) is 4.57 Å². The summed E-state index contributed by atoms with van der Waals surface area (Å²) in [5, 5.41) is 12.8. The van der Waals surface area contributed by atoms with E-state index in [1.165, 1.54) is 41.5 Å². The molecule has 2 heterocycles. The van der Waals surface area contributed by atoms with E-state index in [-0.39, 0.29) is 0 Å². The summed E-state index contributed by atoms with van der Waals surface area (Å²) in [6.07, 6.45) is 0. The van der Waals surface area contributed by atoms with Gasteiger partial charge in [0.2, 0.25) is 5.95 Å². The Bertz CT molecular complexity index is 3510. The number of fused-ring (bicyclic) bond motifs is 3. The number of rotatable bonds is 11. The first-order valence-corrected chi connectivity index (χ1v) is 27.5. The molecule has 0 aliphatic carbocycles. The molecule has 0 bridgehead atoms. The van der Waals surface area contributed by atoms with Gasteiger partial charge in [0, 0.05) is 21.9 Å². The van der Waals surface area contributed by atoms with Gasteiger partial charge in [-0.05, 0) is 53.6 Å². The van der Waals surface area contributed by atoms with Crippen LogP contribution in [0.25, 0.3) is 50.5 Å². The van der Waals surface area contributed by atoms with Gasteiger partial charge in [-0.2, -0.15) is 9.97 Å². The number of hydrogen-bond donors (Lipinski definition) is 0. The van der Waals surface area contributed by atoms with Gasteiger partial charge in [-0.25, -0.2) is 4.98 Å². The average molecular weight is 915 g/mol. The van der Waals surface area contributed by atoms with Crippen LogP contribution in [0.4, 0.5) is 0 Å². The van der Waals surface area contributed by atoms with Crippen molar-refractivity contribution in [3.05, 3.63) is 279 Å². The Morgan fingerprint density at radius 3 is 0.971 bits per heavy atom. The van der Waals surface area contributed by atoms with Crippen LogP contribution in [0.3, 0.4) is 0 Å². The summed E-state index contributed by atoms with van der Waals surface area (Å²) in [4.78, 5) is 15.9. The minimum atomic E-state index is -3.06. The summed E-state index contributed by atoms with van der Waals surface area (Å²) in [7, 11) is -5.84. The molecule has 2 aromatic heterocycles. The summed E-state index contributed by atoms with van der Waals surface area (Å²) in [5.41, 5.74) is 3.95. The minimum Gasteiger partial charge on any atom is -0.278 e. The van der Waals surface area contributed by atoms with Gasteiger partial charge in [0.15, 0.2) is 27.8 Å². The maximum absolute atomic E-state index is 5.40. The lowest BCUT2D eigenvalue weighted by molar-refractivity contribution is 0.953. The van der Waals surface area contributed by atoms with Gasteiger partial charge in [-0.15, -0.1) is 0 Å². The molecule has 4 nitrogen and oxygen atoms in total. The van der Waals surface area contributed by atoms with Gasteiger partial charge in [0.25, 0.3) is 0 Å². The van der Waals surface area contributed by atoms with Crippen molar-refractivity contribution in [2.75, 3.05) is 0 Å². The lowest BCUT2D eigenvalue weighted by atomic mass is 10.2. The Labute approximate surface area is 404 Å². The fraction of sp³-hybridized carbons (Fsp3) is 0. The van der Waals surface area contributed by atoms with Crippen molar-refractivity contribution in [2.24, 2.45) is 0 Å². The second kappa shape index (κ2) is 17.9. The van der Waals surface area contributed by atoms with Crippen LogP contribution in [0.2, 0.25) is 0 Å². The first-order valence-electron chi connectivity index (χ1n) is 23.5. The average Bonchev–Trinajstić information content (AvgIpc) is 3.78. The highest BCUT2D eigenvalue weighted by molar-refractivity contribution is 7.21. The van der Waals surface area contributed by atoms with Crippen molar-refractivity contribution >= 4 is 79.4 Å². The summed E-state index contributed by atoms with van der Waals surface area (Å²) in [6.45, 7) is 0. The van der Waals surface area contributed by atoms with E-state index in [9.17, 15) is 0 Å². The van der Waals surface area contributed by atoms with E-state index >= 15 is 0 Å². The molecular formula is C63H46N4Si2. The third-order valence-electron chi connectivity index (χ3n) is 13.8. The number of nitrogens with zero attached hydrogens (tertiary/aromatic N) is 4. The van der Waals surface area contributed by atoms with Gasteiger partial charge in [0.05, 0.1) is 11.0 Å². The van der Waals surface area contributed by atoms with Crippen molar-refractivity contribution in [1.29, 1.82) is 0 Å². The first-order chi connectivity index (χ1) is 34.2. The first kappa shape index (κ1) is 41.8. The Balaban J connectivity index is 1.09. The van der Waals surface area contributed by atoms with Crippen molar-refractivity contribution in [3.63, 3.8) is 0 Å². The third kappa shape index (κ3) is 7.17. The van der Waals surface area contributed by atoms with E-state index in [1.807, 2.05) is 18.2 Å². The molecule has 0 unspecified atom stereocenters. The Hall–Kier alpha value is -8.56. The molecule has 326 valence electrons. The fourth-order valence-electron chi connectivity index (χ4n) is 10.8. The third-order valence-corrected chi connectivity index (χ3v) is 23.3. The maximum atomic E-state index is 5.40. The molecule has 0 radical (unpaired) electrons. The Morgan fingerprint density at radius 1 is 0.246 bits per heavy atom. The molecule has 0 aliphatic rings. The molecule has 0 aliphatic heterocycles. The van der Waals surface area contributed by atoms with Crippen molar-refractivity contribution in [2.45, 2.75) is 0 Å². The molecule has 6 heteroatoms. The zero-order chi connectivity index (χ0) is 46.0. The second-order valence-electron chi connectivity index (χ2n) is 17.5. The monoisotopic (exact) mass is 914 g/mol. The molecule has 0 atom stereocenters. The molecule has 10 aromatic carbocycles. The van der Waals surface area contributed by atoms with E-state index < -0.39 is 16.1 Å². The van der Waals surface area contributed by atoms with E-state index in [4.69, 9.17) is 15.0 Å². The summed E-state index contributed by atoms with van der Waals surface area (Å²) in [6, 6.07) is 102. The summed E-state index contributed by atoms with van der Waals surface area (Å²) in [5.74, 6) is 1.82. The molecule has 0 saturated carbocycles. The second-order valence-corrected chi connectivity index (χ2v) is 25.1. The standard InChI is InChI=1S/C63H46N4Si2/c1-7-24-47(25-8-1)61-64-62(66-63(65-61)67-59-40-21-19-38-57(59)58-39-20-22-41-60(58)67)48-26-23-37-56(46-48)69(52-33-15-5-16-34-52,53-35-17-6-18-36-53)55-44-42-54(43-45-55)68(49-27-9-2-10-28-49,50-29-11-3-12-30-50)51-31-13-4-14-32-51/h1-46H. The highest BCUT2D eigenvalue weighted by Gasteiger charge is 2.44. The van der Waals surface area contributed by atoms with E-state index in [1.54, 1.807) is 0 Å². The zero-order valence-corrected chi connectivity index (χ0v) is 39.8. The van der Waals surface area contributed by atoms with E-state index in [2.05, 4.69) is 265 Å². The maximum Gasteiger partial charge on any atom is 0.238 e. The normalized spacial score (nSPS) is 11.8. The molecular weight excluding hydrogens is 869 g/mol. The summed E-state index contributed by atoms with van der Waals surface area (Å²) >= 11 is 0.